The van der Waals surface area contributed by atoms with E-state index in [1.165, 1.54) is 5.56 Å². The molecule has 0 fully saturated rings. The second kappa shape index (κ2) is 7.23. The van der Waals surface area contributed by atoms with E-state index in [0.717, 1.165) is 14.5 Å². The molecule has 2 aromatic carbocycles. The molecule has 0 aliphatic carbocycles. The number of carbonyl (C=O) groups is 1. The Hall–Kier alpha value is -1.13. The molecule has 0 atom stereocenters. The number of benzene rings is 2. The average Bonchev–Trinajstić information content (AvgIpc) is 2.47. The standard InChI is InChI=1S/C17H17Br2NO/c1-11(2)13-5-3-12(4-6-13)10-20-17(21)15-9-14(18)7-8-16(15)19/h3-9,11H,10H2,1-2H3,(H,20,21). The summed E-state index contributed by atoms with van der Waals surface area (Å²) in [6, 6.07) is 13.9. The Labute approximate surface area is 142 Å². The normalized spacial score (nSPS) is 10.7. The van der Waals surface area contributed by atoms with Crippen LogP contribution >= 0.6 is 31.9 Å². The van der Waals surface area contributed by atoms with Crippen LogP contribution in [0.1, 0.15) is 41.3 Å². The zero-order valence-corrected chi connectivity index (χ0v) is 15.2. The van der Waals surface area contributed by atoms with Crippen molar-refractivity contribution in [3.63, 3.8) is 0 Å². The summed E-state index contributed by atoms with van der Waals surface area (Å²) in [5.74, 6) is 0.433. The molecule has 2 nitrogen and oxygen atoms in total. The summed E-state index contributed by atoms with van der Waals surface area (Å²) >= 11 is 6.78. The first-order chi connectivity index (χ1) is 9.97. The van der Waals surface area contributed by atoms with Crippen molar-refractivity contribution in [2.24, 2.45) is 0 Å². The van der Waals surface area contributed by atoms with Crippen LogP contribution in [0.25, 0.3) is 0 Å². The molecule has 0 spiro atoms. The first-order valence-electron chi connectivity index (χ1n) is 6.79. The van der Waals surface area contributed by atoms with Crippen molar-refractivity contribution in [3.05, 3.63) is 68.1 Å². The van der Waals surface area contributed by atoms with Gasteiger partial charge in [0.2, 0.25) is 0 Å². The van der Waals surface area contributed by atoms with Crippen LogP contribution in [0.3, 0.4) is 0 Å². The molecular weight excluding hydrogens is 394 g/mol. The number of nitrogens with one attached hydrogen (secondary N) is 1. The summed E-state index contributed by atoms with van der Waals surface area (Å²) in [7, 11) is 0. The van der Waals surface area contributed by atoms with E-state index in [1.807, 2.05) is 12.1 Å². The number of rotatable bonds is 4. The number of hydrogen-bond donors (Lipinski definition) is 1. The predicted molar refractivity (Wildman–Crippen MR) is 93.5 cm³/mol. The lowest BCUT2D eigenvalue weighted by atomic mass is 10.0. The highest BCUT2D eigenvalue weighted by Crippen LogP contribution is 2.21. The smallest absolute Gasteiger partial charge is 0.252 e. The van der Waals surface area contributed by atoms with Gasteiger partial charge in [0.15, 0.2) is 0 Å². The lowest BCUT2D eigenvalue weighted by Gasteiger charge is -2.09. The SMILES string of the molecule is CC(C)c1ccc(CNC(=O)c2cc(Br)ccc2Br)cc1. The molecule has 110 valence electrons. The second-order valence-corrected chi connectivity index (χ2v) is 6.97. The molecule has 1 N–H and O–H groups in total. The van der Waals surface area contributed by atoms with Gasteiger partial charge in [-0.05, 0) is 51.2 Å². The van der Waals surface area contributed by atoms with Gasteiger partial charge in [-0.2, -0.15) is 0 Å². The van der Waals surface area contributed by atoms with Gasteiger partial charge in [-0.25, -0.2) is 0 Å². The molecule has 0 saturated heterocycles. The van der Waals surface area contributed by atoms with Gasteiger partial charge in [-0.1, -0.05) is 54.0 Å². The van der Waals surface area contributed by atoms with Gasteiger partial charge < -0.3 is 5.32 Å². The van der Waals surface area contributed by atoms with E-state index < -0.39 is 0 Å². The maximum Gasteiger partial charge on any atom is 0.252 e. The van der Waals surface area contributed by atoms with Crippen molar-refractivity contribution >= 4 is 37.8 Å². The maximum absolute atomic E-state index is 12.2. The minimum Gasteiger partial charge on any atom is -0.348 e. The first kappa shape index (κ1) is 16.2. The zero-order valence-electron chi connectivity index (χ0n) is 12.0. The van der Waals surface area contributed by atoms with Gasteiger partial charge in [0.05, 0.1) is 5.56 Å². The van der Waals surface area contributed by atoms with E-state index in [9.17, 15) is 4.79 Å². The summed E-state index contributed by atoms with van der Waals surface area (Å²) < 4.78 is 1.68. The van der Waals surface area contributed by atoms with E-state index in [0.29, 0.717) is 18.0 Å². The summed E-state index contributed by atoms with van der Waals surface area (Å²) in [5, 5.41) is 2.94. The van der Waals surface area contributed by atoms with Crippen LogP contribution < -0.4 is 5.32 Å². The third-order valence-corrected chi connectivity index (χ3v) is 4.46. The largest absolute Gasteiger partial charge is 0.348 e. The second-order valence-electron chi connectivity index (χ2n) is 5.20. The monoisotopic (exact) mass is 409 g/mol. The molecule has 0 bridgehead atoms. The Balaban J connectivity index is 2.02. The van der Waals surface area contributed by atoms with E-state index >= 15 is 0 Å². The molecule has 21 heavy (non-hydrogen) atoms. The molecule has 0 radical (unpaired) electrons. The lowest BCUT2D eigenvalue weighted by molar-refractivity contribution is 0.0950. The van der Waals surface area contributed by atoms with Crippen LogP contribution in [-0.2, 0) is 6.54 Å². The van der Waals surface area contributed by atoms with Gasteiger partial charge in [0.1, 0.15) is 0 Å². The molecule has 4 heteroatoms. The van der Waals surface area contributed by atoms with Crippen molar-refractivity contribution in [3.8, 4) is 0 Å². The Bertz CT molecular complexity index is 636. The van der Waals surface area contributed by atoms with Crippen molar-refractivity contribution in [1.82, 2.24) is 5.32 Å². The number of carbonyl (C=O) groups excluding carboxylic acids is 1. The van der Waals surface area contributed by atoms with Crippen LogP contribution in [0.4, 0.5) is 0 Å². The van der Waals surface area contributed by atoms with Crippen LogP contribution in [-0.4, -0.2) is 5.91 Å². The molecule has 1 amide bonds. The maximum atomic E-state index is 12.2. The molecule has 2 rings (SSSR count). The van der Waals surface area contributed by atoms with Gasteiger partial charge in [-0.15, -0.1) is 0 Å². The Morgan fingerprint density at radius 2 is 1.76 bits per heavy atom. The van der Waals surface area contributed by atoms with Crippen LogP contribution in [0.5, 0.6) is 0 Å². The van der Waals surface area contributed by atoms with Crippen molar-refractivity contribution in [2.75, 3.05) is 0 Å². The number of hydrogen-bond acceptors (Lipinski definition) is 1. The minimum atomic E-state index is -0.0869. The predicted octanol–water partition coefficient (Wildman–Crippen LogP) is 5.27. The van der Waals surface area contributed by atoms with Gasteiger partial charge >= 0.3 is 0 Å². The summed E-state index contributed by atoms with van der Waals surface area (Å²) in [4.78, 5) is 12.2. The topological polar surface area (TPSA) is 29.1 Å². The summed E-state index contributed by atoms with van der Waals surface area (Å²) in [6.07, 6.45) is 0. The highest BCUT2D eigenvalue weighted by atomic mass is 79.9. The Morgan fingerprint density at radius 3 is 2.38 bits per heavy atom. The molecule has 0 aromatic heterocycles. The third-order valence-electron chi connectivity index (χ3n) is 3.27. The van der Waals surface area contributed by atoms with E-state index in [-0.39, 0.29) is 5.91 Å². The lowest BCUT2D eigenvalue weighted by Crippen LogP contribution is -2.23. The number of halogens is 2. The highest BCUT2D eigenvalue weighted by Gasteiger charge is 2.10. The van der Waals surface area contributed by atoms with Gasteiger partial charge in [0, 0.05) is 15.5 Å². The summed E-state index contributed by atoms with van der Waals surface area (Å²) in [5.41, 5.74) is 3.03. The van der Waals surface area contributed by atoms with Crippen LogP contribution in [0.2, 0.25) is 0 Å². The fraction of sp³-hybridized carbons (Fsp3) is 0.235. The molecule has 0 saturated carbocycles. The van der Waals surface area contributed by atoms with E-state index in [4.69, 9.17) is 0 Å². The van der Waals surface area contributed by atoms with Crippen molar-refractivity contribution < 1.29 is 4.79 Å². The van der Waals surface area contributed by atoms with Crippen molar-refractivity contribution in [2.45, 2.75) is 26.3 Å². The third kappa shape index (κ3) is 4.42. The average molecular weight is 411 g/mol. The van der Waals surface area contributed by atoms with Crippen molar-refractivity contribution in [1.29, 1.82) is 0 Å². The Morgan fingerprint density at radius 1 is 1.10 bits per heavy atom. The molecule has 0 unspecified atom stereocenters. The molecule has 0 aliphatic heterocycles. The molecular formula is C17H17Br2NO. The molecule has 2 aromatic rings. The highest BCUT2D eigenvalue weighted by molar-refractivity contribution is 9.11. The fourth-order valence-electron chi connectivity index (χ4n) is 1.97. The van der Waals surface area contributed by atoms with E-state index in [1.54, 1.807) is 6.07 Å². The summed E-state index contributed by atoms with van der Waals surface area (Å²) in [6.45, 7) is 4.86. The van der Waals surface area contributed by atoms with Crippen LogP contribution in [0.15, 0.2) is 51.4 Å². The Kier molecular flexibility index (Phi) is 5.59. The quantitative estimate of drug-likeness (QED) is 0.731. The minimum absolute atomic E-state index is 0.0869. The molecule has 0 heterocycles. The fourth-order valence-corrected chi connectivity index (χ4v) is 2.76. The number of amides is 1. The molecule has 0 aliphatic rings. The van der Waals surface area contributed by atoms with Gasteiger partial charge in [0.25, 0.3) is 5.91 Å². The first-order valence-corrected chi connectivity index (χ1v) is 8.38. The van der Waals surface area contributed by atoms with Gasteiger partial charge in [-0.3, -0.25) is 4.79 Å². The van der Waals surface area contributed by atoms with E-state index in [2.05, 4.69) is 75.3 Å². The van der Waals surface area contributed by atoms with Crippen LogP contribution in [0, 0.1) is 0 Å². The zero-order chi connectivity index (χ0) is 15.4.